The van der Waals surface area contributed by atoms with Gasteiger partial charge in [0.25, 0.3) is 0 Å². The second-order valence-corrected chi connectivity index (χ2v) is 4.38. The van der Waals surface area contributed by atoms with Crippen molar-refractivity contribution in [2.45, 2.75) is 6.92 Å². The standard InChI is InChI=1S/C14H13N5O/c1-9-3-2-4-13(17-9)19-14(20)18-10-5-6-11-12(7-10)16-8-15-11/h2-8H,1H3,(H,15,16)(H2,17,18,19,20). The van der Waals surface area contributed by atoms with Gasteiger partial charge in [-0.25, -0.2) is 14.8 Å². The van der Waals surface area contributed by atoms with Gasteiger partial charge in [0.2, 0.25) is 0 Å². The van der Waals surface area contributed by atoms with Crippen molar-refractivity contribution in [3.8, 4) is 0 Å². The molecule has 0 spiro atoms. The lowest BCUT2D eigenvalue weighted by atomic mass is 10.3. The minimum absolute atomic E-state index is 0.332. The van der Waals surface area contributed by atoms with Crippen LogP contribution in [0.4, 0.5) is 16.3 Å². The third-order valence-corrected chi connectivity index (χ3v) is 2.81. The summed E-state index contributed by atoms with van der Waals surface area (Å²) in [5, 5.41) is 5.44. The van der Waals surface area contributed by atoms with Gasteiger partial charge in [0.1, 0.15) is 5.82 Å². The van der Waals surface area contributed by atoms with Crippen LogP contribution in [0.15, 0.2) is 42.7 Å². The fourth-order valence-electron chi connectivity index (χ4n) is 1.90. The van der Waals surface area contributed by atoms with Gasteiger partial charge in [0.05, 0.1) is 17.4 Å². The largest absolute Gasteiger partial charge is 0.345 e. The highest BCUT2D eigenvalue weighted by Crippen LogP contribution is 2.15. The van der Waals surface area contributed by atoms with E-state index in [0.29, 0.717) is 11.5 Å². The Morgan fingerprint density at radius 2 is 2.10 bits per heavy atom. The quantitative estimate of drug-likeness (QED) is 0.667. The SMILES string of the molecule is Cc1cccc(NC(=O)Nc2ccc3nc[nH]c3c2)n1. The predicted molar refractivity (Wildman–Crippen MR) is 77.7 cm³/mol. The van der Waals surface area contributed by atoms with E-state index in [1.807, 2.05) is 31.2 Å². The van der Waals surface area contributed by atoms with Gasteiger partial charge in [0.15, 0.2) is 0 Å². The third kappa shape index (κ3) is 2.59. The van der Waals surface area contributed by atoms with Crippen molar-refractivity contribution in [3.05, 3.63) is 48.4 Å². The van der Waals surface area contributed by atoms with E-state index >= 15 is 0 Å². The highest BCUT2D eigenvalue weighted by Gasteiger charge is 2.05. The maximum absolute atomic E-state index is 11.9. The maximum Gasteiger partial charge on any atom is 0.324 e. The van der Waals surface area contributed by atoms with Crippen molar-refractivity contribution < 1.29 is 4.79 Å². The molecule has 20 heavy (non-hydrogen) atoms. The molecule has 1 aromatic carbocycles. The number of hydrogen-bond donors (Lipinski definition) is 3. The molecule has 3 rings (SSSR count). The summed E-state index contributed by atoms with van der Waals surface area (Å²) >= 11 is 0. The fraction of sp³-hybridized carbons (Fsp3) is 0.0714. The Morgan fingerprint density at radius 3 is 2.95 bits per heavy atom. The first-order valence-corrected chi connectivity index (χ1v) is 6.15. The van der Waals surface area contributed by atoms with Crippen molar-refractivity contribution in [1.29, 1.82) is 0 Å². The molecule has 0 bridgehead atoms. The molecular weight excluding hydrogens is 254 g/mol. The van der Waals surface area contributed by atoms with E-state index in [0.717, 1.165) is 16.7 Å². The molecule has 2 amide bonds. The average molecular weight is 267 g/mol. The second kappa shape index (κ2) is 5.00. The zero-order valence-corrected chi connectivity index (χ0v) is 10.8. The minimum Gasteiger partial charge on any atom is -0.345 e. The average Bonchev–Trinajstić information content (AvgIpc) is 2.86. The zero-order valence-electron chi connectivity index (χ0n) is 10.8. The molecular formula is C14H13N5O. The smallest absolute Gasteiger partial charge is 0.324 e. The summed E-state index contributed by atoms with van der Waals surface area (Å²) < 4.78 is 0. The number of hydrogen-bond acceptors (Lipinski definition) is 3. The number of H-pyrrole nitrogens is 1. The summed E-state index contributed by atoms with van der Waals surface area (Å²) in [5.41, 5.74) is 3.27. The molecule has 0 aliphatic rings. The van der Waals surface area contributed by atoms with Gasteiger partial charge in [-0.05, 0) is 37.3 Å². The Labute approximate surface area is 115 Å². The fourth-order valence-corrected chi connectivity index (χ4v) is 1.90. The topological polar surface area (TPSA) is 82.7 Å². The van der Waals surface area contributed by atoms with Crippen molar-refractivity contribution >= 4 is 28.6 Å². The summed E-state index contributed by atoms with van der Waals surface area (Å²) in [5.74, 6) is 0.519. The van der Waals surface area contributed by atoms with Crippen LogP contribution >= 0.6 is 0 Å². The van der Waals surface area contributed by atoms with E-state index in [4.69, 9.17) is 0 Å². The Kier molecular flexibility index (Phi) is 3.04. The Balaban J connectivity index is 1.72. The predicted octanol–water partition coefficient (Wildman–Crippen LogP) is 2.91. The van der Waals surface area contributed by atoms with Crippen LogP contribution in [-0.4, -0.2) is 21.0 Å². The molecule has 2 aromatic heterocycles. The first kappa shape index (κ1) is 12.2. The number of imidazole rings is 1. The molecule has 2 heterocycles. The number of benzene rings is 1. The lowest BCUT2D eigenvalue weighted by Crippen LogP contribution is -2.20. The molecule has 100 valence electrons. The number of urea groups is 1. The molecule has 0 saturated heterocycles. The lowest BCUT2D eigenvalue weighted by Gasteiger charge is -2.07. The van der Waals surface area contributed by atoms with Crippen LogP contribution in [0, 0.1) is 6.92 Å². The number of aryl methyl sites for hydroxylation is 1. The van der Waals surface area contributed by atoms with Gasteiger partial charge in [-0.3, -0.25) is 5.32 Å². The second-order valence-electron chi connectivity index (χ2n) is 4.38. The normalized spacial score (nSPS) is 10.4. The van der Waals surface area contributed by atoms with Crippen molar-refractivity contribution in [3.63, 3.8) is 0 Å². The molecule has 0 aliphatic carbocycles. The number of aromatic amines is 1. The van der Waals surface area contributed by atoms with Gasteiger partial charge in [-0.1, -0.05) is 6.07 Å². The number of carbonyl (C=O) groups is 1. The summed E-state index contributed by atoms with van der Waals surface area (Å²) in [4.78, 5) is 23.2. The van der Waals surface area contributed by atoms with Gasteiger partial charge >= 0.3 is 6.03 Å². The van der Waals surface area contributed by atoms with Crippen LogP contribution in [0.5, 0.6) is 0 Å². The Hall–Kier alpha value is -2.89. The number of amides is 2. The lowest BCUT2D eigenvalue weighted by molar-refractivity contribution is 0.262. The van der Waals surface area contributed by atoms with Crippen LogP contribution < -0.4 is 10.6 Å². The van der Waals surface area contributed by atoms with E-state index in [2.05, 4.69) is 25.6 Å². The number of carbonyl (C=O) groups excluding carboxylic acids is 1. The molecule has 6 nitrogen and oxygen atoms in total. The van der Waals surface area contributed by atoms with Gasteiger partial charge < -0.3 is 10.3 Å². The molecule has 0 unspecified atom stereocenters. The van der Waals surface area contributed by atoms with Gasteiger partial charge in [-0.2, -0.15) is 0 Å². The number of nitrogens with one attached hydrogen (secondary N) is 3. The number of anilines is 2. The van der Waals surface area contributed by atoms with Crippen molar-refractivity contribution in [1.82, 2.24) is 15.0 Å². The molecule has 0 radical (unpaired) electrons. The van der Waals surface area contributed by atoms with Crippen LogP contribution in [0.2, 0.25) is 0 Å². The number of fused-ring (bicyclic) bond motifs is 1. The first-order chi connectivity index (χ1) is 9.70. The van der Waals surface area contributed by atoms with Crippen molar-refractivity contribution in [2.75, 3.05) is 10.6 Å². The molecule has 0 fully saturated rings. The van der Waals surface area contributed by atoms with E-state index in [1.165, 1.54) is 0 Å². The van der Waals surface area contributed by atoms with E-state index in [-0.39, 0.29) is 6.03 Å². The van der Waals surface area contributed by atoms with Gasteiger partial charge in [-0.15, -0.1) is 0 Å². The van der Waals surface area contributed by atoms with Crippen molar-refractivity contribution in [2.24, 2.45) is 0 Å². The van der Waals surface area contributed by atoms with Crippen LogP contribution in [0.1, 0.15) is 5.69 Å². The summed E-state index contributed by atoms with van der Waals surface area (Å²) in [6.07, 6.45) is 1.62. The third-order valence-electron chi connectivity index (χ3n) is 2.81. The Bertz CT molecular complexity index is 765. The van der Waals surface area contributed by atoms with E-state index < -0.39 is 0 Å². The summed E-state index contributed by atoms with van der Waals surface area (Å²) in [7, 11) is 0. The number of aromatic nitrogens is 3. The van der Waals surface area contributed by atoms with Gasteiger partial charge in [0, 0.05) is 11.4 Å². The zero-order chi connectivity index (χ0) is 13.9. The Morgan fingerprint density at radius 1 is 1.20 bits per heavy atom. The molecule has 3 N–H and O–H groups in total. The molecule has 0 saturated carbocycles. The maximum atomic E-state index is 11.9. The van der Waals surface area contributed by atoms with Crippen LogP contribution in [-0.2, 0) is 0 Å². The molecule has 3 aromatic rings. The minimum atomic E-state index is -0.332. The van der Waals surface area contributed by atoms with Crippen LogP contribution in [0.3, 0.4) is 0 Å². The summed E-state index contributed by atoms with van der Waals surface area (Å²) in [6.45, 7) is 1.87. The van der Waals surface area contributed by atoms with Crippen LogP contribution in [0.25, 0.3) is 11.0 Å². The number of rotatable bonds is 2. The number of nitrogens with zero attached hydrogens (tertiary/aromatic N) is 2. The van der Waals surface area contributed by atoms with E-state index in [1.54, 1.807) is 18.5 Å². The highest BCUT2D eigenvalue weighted by atomic mass is 16.2. The number of pyridine rings is 1. The first-order valence-electron chi connectivity index (χ1n) is 6.15. The molecule has 6 heteroatoms. The summed E-state index contributed by atoms with van der Waals surface area (Å²) in [6, 6.07) is 10.6. The molecule has 0 aliphatic heterocycles. The highest BCUT2D eigenvalue weighted by molar-refractivity contribution is 6.00. The monoisotopic (exact) mass is 267 g/mol. The van der Waals surface area contributed by atoms with E-state index in [9.17, 15) is 4.79 Å². The molecule has 0 atom stereocenters.